The molecule has 2 aromatic heterocycles. The average Bonchev–Trinajstić information content (AvgIpc) is 3.43. The van der Waals surface area contributed by atoms with Crippen LogP contribution in [-0.2, 0) is 16.0 Å². The molecule has 164 valence electrons. The number of nitrogens with zero attached hydrogens (tertiary/aromatic N) is 3. The van der Waals surface area contributed by atoms with Crippen LogP contribution >= 0.6 is 23.1 Å². The molecule has 2 N–H and O–H groups in total. The normalized spacial score (nSPS) is 10.8. The Morgan fingerprint density at radius 2 is 1.97 bits per heavy atom. The zero-order chi connectivity index (χ0) is 22.7. The van der Waals surface area contributed by atoms with E-state index < -0.39 is 11.7 Å². The molecule has 0 saturated heterocycles. The fourth-order valence-electron chi connectivity index (χ4n) is 2.92. The first-order valence-electron chi connectivity index (χ1n) is 9.17. The number of aromatic amines is 1. The highest BCUT2D eigenvalue weighted by Gasteiger charge is 2.24. The van der Waals surface area contributed by atoms with Crippen LogP contribution in [0.15, 0.2) is 46.2 Å². The SMILES string of the molecule is COC(=O)Cc1ccc(Sc2c(C(=O)Nc3nnn[nH]3)sc3ccc(OC)c(F)c23)cc1. The van der Waals surface area contributed by atoms with Gasteiger partial charge in [-0.25, -0.2) is 9.49 Å². The summed E-state index contributed by atoms with van der Waals surface area (Å²) in [6, 6.07) is 10.4. The van der Waals surface area contributed by atoms with Gasteiger partial charge in [0.1, 0.15) is 4.88 Å². The third-order valence-corrected chi connectivity index (χ3v) is 6.84. The predicted molar refractivity (Wildman–Crippen MR) is 117 cm³/mol. The molecule has 4 aromatic rings. The Labute approximate surface area is 189 Å². The van der Waals surface area contributed by atoms with E-state index in [2.05, 4.69) is 30.7 Å². The Hall–Kier alpha value is -3.51. The number of esters is 1. The summed E-state index contributed by atoms with van der Waals surface area (Å²) in [5, 5.41) is 15.8. The molecular formula is C20H16FN5O4S2. The van der Waals surface area contributed by atoms with E-state index in [1.54, 1.807) is 30.3 Å². The molecule has 0 radical (unpaired) electrons. The number of methoxy groups -OCH3 is 2. The highest BCUT2D eigenvalue weighted by Crippen LogP contribution is 2.44. The summed E-state index contributed by atoms with van der Waals surface area (Å²) in [5.74, 6) is -1.21. The first kappa shape index (κ1) is 21.7. The van der Waals surface area contributed by atoms with Crippen LogP contribution < -0.4 is 10.1 Å². The van der Waals surface area contributed by atoms with Crippen LogP contribution in [0.4, 0.5) is 10.3 Å². The number of thiophene rings is 1. The quantitative estimate of drug-likeness (QED) is 0.390. The monoisotopic (exact) mass is 473 g/mol. The highest BCUT2D eigenvalue weighted by molar-refractivity contribution is 7.99. The zero-order valence-corrected chi connectivity index (χ0v) is 18.5. The second-order valence-electron chi connectivity index (χ2n) is 6.42. The summed E-state index contributed by atoms with van der Waals surface area (Å²) in [7, 11) is 2.71. The van der Waals surface area contributed by atoms with Crippen LogP contribution in [0.25, 0.3) is 10.1 Å². The Kier molecular flexibility index (Phi) is 6.32. The topological polar surface area (TPSA) is 119 Å². The molecule has 32 heavy (non-hydrogen) atoms. The van der Waals surface area contributed by atoms with Gasteiger partial charge in [0, 0.05) is 19.9 Å². The molecule has 2 heterocycles. The molecule has 0 saturated carbocycles. The van der Waals surface area contributed by atoms with Crippen molar-refractivity contribution in [1.82, 2.24) is 20.6 Å². The van der Waals surface area contributed by atoms with Gasteiger partial charge in [0.15, 0.2) is 11.6 Å². The molecule has 0 aliphatic rings. The Morgan fingerprint density at radius 3 is 2.62 bits per heavy atom. The fourth-order valence-corrected chi connectivity index (χ4v) is 5.22. The van der Waals surface area contributed by atoms with Gasteiger partial charge >= 0.3 is 5.97 Å². The molecule has 0 atom stereocenters. The summed E-state index contributed by atoms with van der Waals surface area (Å²) in [6.45, 7) is 0. The van der Waals surface area contributed by atoms with Crippen LogP contribution in [0, 0.1) is 5.82 Å². The van der Waals surface area contributed by atoms with Crippen LogP contribution in [0.1, 0.15) is 15.2 Å². The number of ether oxygens (including phenoxy) is 2. The number of anilines is 1. The van der Waals surface area contributed by atoms with Gasteiger partial charge in [-0.15, -0.1) is 11.3 Å². The van der Waals surface area contributed by atoms with Crippen LogP contribution in [0.5, 0.6) is 5.75 Å². The van der Waals surface area contributed by atoms with Crippen molar-refractivity contribution in [2.75, 3.05) is 19.5 Å². The molecule has 12 heteroatoms. The Balaban J connectivity index is 1.73. The number of tetrazole rings is 1. The van der Waals surface area contributed by atoms with Crippen LogP contribution in [0.2, 0.25) is 0 Å². The van der Waals surface area contributed by atoms with Crippen molar-refractivity contribution in [3.05, 3.63) is 52.7 Å². The molecule has 2 aromatic carbocycles. The number of halogens is 1. The molecule has 0 fully saturated rings. The minimum atomic E-state index is -0.550. The van der Waals surface area contributed by atoms with Crippen LogP contribution in [0.3, 0.4) is 0 Å². The van der Waals surface area contributed by atoms with E-state index in [4.69, 9.17) is 4.74 Å². The summed E-state index contributed by atoms with van der Waals surface area (Å²) in [4.78, 5) is 25.9. The second-order valence-corrected chi connectivity index (χ2v) is 8.55. The van der Waals surface area contributed by atoms with E-state index >= 15 is 4.39 Å². The maximum absolute atomic E-state index is 15.2. The van der Waals surface area contributed by atoms with Crippen molar-refractivity contribution < 1.29 is 23.5 Å². The lowest BCUT2D eigenvalue weighted by Gasteiger charge is -2.08. The number of H-pyrrole nitrogens is 1. The summed E-state index contributed by atoms with van der Waals surface area (Å²) < 4.78 is 25.6. The number of amides is 1. The lowest BCUT2D eigenvalue weighted by Crippen LogP contribution is -2.12. The molecule has 0 unspecified atom stereocenters. The highest BCUT2D eigenvalue weighted by atomic mass is 32.2. The van der Waals surface area contributed by atoms with Gasteiger partial charge in [-0.3, -0.25) is 14.9 Å². The number of nitrogens with one attached hydrogen (secondary N) is 2. The van der Waals surface area contributed by atoms with Crippen molar-refractivity contribution in [3.63, 3.8) is 0 Å². The van der Waals surface area contributed by atoms with Gasteiger partial charge in [0.2, 0.25) is 5.95 Å². The predicted octanol–water partition coefficient (Wildman–Crippen LogP) is 3.68. The van der Waals surface area contributed by atoms with E-state index in [0.717, 1.165) is 21.8 Å². The van der Waals surface area contributed by atoms with Crippen molar-refractivity contribution >= 4 is 51.0 Å². The van der Waals surface area contributed by atoms with Crippen molar-refractivity contribution in [1.29, 1.82) is 0 Å². The van der Waals surface area contributed by atoms with Gasteiger partial charge < -0.3 is 9.47 Å². The lowest BCUT2D eigenvalue weighted by atomic mass is 10.2. The van der Waals surface area contributed by atoms with Gasteiger partial charge in [-0.1, -0.05) is 29.0 Å². The fraction of sp³-hybridized carbons (Fsp3) is 0.150. The number of aromatic nitrogens is 4. The molecule has 0 aliphatic heterocycles. The number of benzene rings is 2. The maximum atomic E-state index is 15.2. The third kappa shape index (κ3) is 4.41. The van der Waals surface area contributed by atoms with Crippen molar-refractivity contribution in [3.8, 4) is 5.75 Å². The van der Waals surface area contributed by atoms with Crippen molar-refractivity contribution in [2.45, 2.75) is 16.2 Å². The number of hydrogen-bond acceptors (Lipinski definition) is 9. The third-order valence-electron chi connectivity index (χ3n) is 4.44. The number of carbonyl (C=O) groups excluding carboxylic acids is 2. The first-order valence-corrected chi connectivity index (χ1v) is 10.8. The smallest absolute Gasteiger partial charge is 0.309 e. The maximum Gasteiger partial charge on any atom is 0.309 e. The second kappa shape index (κ2) is 9.32. The average molecular weight is 474 g/mol. The first-order chi connectivity index (χ1) is 15.5. The van der Waals surface area contributed by atoms with E-state index in [0.29, 0.717) is 19.9 Å². The van der Waals surface area contributed by atoms with E-state index in [1.165, 1.54) is 32.0 Å². The lowest BCUT2D eigenvalue weighted by molar-refractivity contribution is -0.139. The standard InChI is InChI=1S/C20H16FN5O4S2/c1-29-12-7-8-13-15(16(12)21)17(18(32-13)19(28)22-20-23-25-26-24-20)31-11-5-3-10(4-6-11)9-14(27)30-2/h3-8H,9H2,1-2H3,(H2,22,23,24,25,26,28). The molecule has 0 spiro atoms. The summed E-state index contributed by atoms with van der Waals surface area (Å²) >= 11 is 2.38. The molecule has 1 amide bonds. The zero-order valence-electron chi connectivity index (χ0n) is 16.8. The Bertz CT molecular complexity index is 1280. The number of rotatable bonds is 7. The number of carbonyl (C=O) groups is 2. The molecule has 0 bridgehead atoms. The molecule has 0 aliphatic carbocycles. The van der Waals surface area contributed by atoms with Gasteiger partial charge in [-0.05, 0) is 40.3 Å². The van der Waals surface area contributed by atoms with E-state index in [9.17, 15) is 9.59 Å². The summed E-state index contributed by atoms with van der Waals surface area (Å²) in [5.41, 5.74) is 0.778. The minimum Gasteiger partial charge on any atom is -0.494 e. The van der Waals surface area contributed by atoms with Gasteiger partial charge in [-0.2, -0.15) is 0 Å². The van der Waals surface area contributed by atoms with Crippen LogP contribution in [-0.4, -0.2) is 46.7 Å². The number of fused-ring (bicyclic) bond motifs is 1. The largest absolute Gasteiger partial charge is 0.494 e. The Morgan fingerprint density at radius 1 is 1.19 bits per heavy atom. The molecule has 4 rings (SSSR count). The molecule has 9 nitrogen and oxygen atoms in total. The van der Waals surface area contributed by atoms with E-state index in [1.807, 2.05) is 0 Å². The van der Waals surface area contributed by atoms with Gasteiger partial charge in [0.25, 0.3) is 5.91 Å². The summed E-state index contributed by atoms with van der Waals surface area (Å²) in [6.07, 6.45) is 0.146. The molecular weight excluding hydrogens is 457 g/mol. The van der Waals surface area contributed by atoms with E-state index in [-0.39, 0.29) is 24.1 Å². The number of hydrogen-bond donors (Lipinski definition) is 2. The minimum absolute atomic E-state index is 0.0774. The van der Waals surface area contributed by atoms with Crippen molar-refractivity contribution in [2.24, 2.45) is 0 Å². The van der Waals surface area contributed by atoms with Gasteiger partial charge in [0.05, 0.1) is 20.6 Å².